The van der Waals surface area contributed by atoms with Crippen LogP contribution in [0.4, 0.5) is 0 Å². The number of ether oxygens (including phenoxy) is 1. The van der Waals surface area contributed by atoms with Gasteiger partial charge in [-0.2, -0.15) is 0 Å². The number of hydrogen-bond donors (Lipinski definition) is 1. The van der Waals surface area contributed by atoms with Crippen molar-refractivity contribution in [3.63, 3.8) is 0 Å². The normalized spacial score (nSPS) is 10.0. The first kappa shape index (κ1) is 12.5. The van der Waals surface area contributed by atoms with E-state index in [-0.39, 0.29) is 0 Å². The van der Waals surface area contributed by atoms with Gasteiger partial charge in [0, 0.05) is 4.47 Å². The molecule has 0 saturated heterocycles. The molecule has 2 nitrogen and oxygen atoms in total. The molecule has 0 aliphatic heterocycles. The van der Waals surface area contributed by atoms with Crippen molar-refractivity contribution in [1.82, 2.24) is 0 Å². The summed E-state index contributed by atoms with van der Waals surface area (Å²) in [6.07, 6.45) is 2.14. The molecule has 0 atom stereocenters. The lowest BCUT2D eigenvalue weighted by Crippen LogP contribution is -2.12. The van der Waals surface area contributed by atoms with Crippen LogP contribution in [0.15, 0.2) is 22.7 Å². The zero-order valence-electron chi connectivity index (χ0n) is 8.63. The second-order valence-corrected chi connectivity index (χ2v) is 4.56. The predicted molar refractivity (Wildman–Crippen MR) is 70.4 cm³/mol. The number of halogens is 1. The molecule has 0 saturated carbocycles. The zero-order valence-corrected chi connectivity index (χ0v) is 11.0. The third kappa shape index (κ3) is 3.80. The first-order chi connectivity index (χ1) is 7.15. The van der Waals surface area contributed by atoms with Crippen molar-refractivity contribution in [1.29, 1.82) is 0 Å². The lowest BCUT2D eigenvalue weighted by Gasteiger charge is -2.10. The summed E-state index contributed by atoms with van der Waals surface area (Å²) < 4.78 is 6.59. The molecule has 0 aliphatic rings. The Bertz CT molecular complexity index is 354. The SMILES string of the molecule is CCCCOc1cc(Br)ccc1C(N)=S. The van der Waals surface area contributed by atoms with E-state index in [9.17, 15) is 0 Å². The van der Waals surface area contributed by atoms with Gasteiger partial charge >= 0.3 is 0 Å². The topological polar surface area (TPSA) is 35.2 Å². The molecule has 0 amide bonds. The molecular weight excluding hydrogens is 274 g/mol. The summed E-state index contributed by atoms with van der Waals surface area (Å²) >= 11 is 8.34. The van der Waals surface area contributed by atoms with Crippen LogP contribution >= 0.6 is 28.1 Å². The average Bonchev–Trinajstić information content (AvgIpc) is 2.18. The Morgan fingerprint density at radius 1 is 1.53 bits per heavy atom. The molecule has 0 unspecified atom stereocenters. The molecule has 0 fully saturated rings. The second-order valence-electron chi connectivity index (χ2n) is 3.21. The summed E-state index contributed by atoms with van der Waals surface area (Å²) in [6.45, 7) is 2.82. The lowest BCUT2D eigenvalue weighted by atomic mass is 10.2. The third-order valence-electron chi connectivity index (χ3n) is 1.96. The maximum absolute atomic E-state index is 5.62. The van der Waals surface area contributed by atoms with Crippen LogP contribution in [0, 0.1) is 0 Å². The minimum absolute atomic E-state index is 0.369. The third-order valence-corrected chi connectivity index (χ3v) is 2.68. The van der Waals surface area contributed by atoms with Gasteiger partial charge in [0.2, 0.25) is 0 Å². The van der Waals surface area contributed by atoms with Gasteiger partial charge in [-0.1, -0.05) is 41.5 Å². The Hall–Kier alpha value is -0.610. The summed E-state index contributed by atoms with van der Waals surface area (Å²) in [5, 5.41) is 0. The fraction of sp³-hybridized carbons (Fsp3) is 0.364. The van der Waals surface area contributed by atoms with Crippen LogP contribution in [-0.2, 0) is 0 Å². The van der Waals surface area contributed by atoms with E-state index in [1.807, 2.05) is 18.2 Å². The van der Waals surface area contributed by atoms with E-state index >= 15 is 0 Å². The van der Waals surface area contributed by atoms with Crippen LogP contribution in [0.2, 0.25) is 0 Å². The van der Waals surface area contributed by atoms with E-state index in [4.69, 9.17) is 22.7 Å². The Morgan fingerprint density at radius 3 is 2.87 bits per heavy atom. The maximum Gasteiger partial charge on any atom is 0.130 e. The molecular formula is C11H14BrNOS. The monoisotopic (exact) mass is 287 g/mol. The second kappa shape index (κ2) is 6.08. The number of nitrogens with two attached hydrogens (primary N) is 1. The highest BCUT2D eigenvalue weighted by Crippen LogP contribution is 2.23. The van der Waals surface area contributed by atoms with Crippen molar-refractivity contribution in [3.05, 3.63) is 28.2 Å². The molecule has 0 aliphatic carbocycles. The van der Waals surface area contributed by atoms with E-state index < -0.39 is 0 Å². The quantitative estimate of drug-likeness (QED) is 0.667. The summed E-state index contributed by atoms with van der Waals surface area (Å²) in [4.78, 5) is 0.369. The van der Waals surface area contributed by atoms with Crippen LogP contribution < -0.4 is 10.5 Å². The van der Waals surface area contributed by atoms with Crippen molar-refractivity contribution in [2.75, 3.05) is 6.61 Å². The van der Waals surface area contributed by atoms with Crippen LogP contribution in [0.5, 0.6) is 5.75 Å². The number of rotatable bonds is 5. The summed E-state index contributed by atoms with van der Waals surface area (Å²) in [6, 6.07) is 5.67. The largest absolute Gasteiger partial charge is 0.493 e. The molecule has 0 spiro atoms. The number of unbranched alkanes of at least 4 members (excludes halogenated alkanes) is 1. The van der Waals surface area contributed by atoms with Gasteiger partial charge in [0.25, 0.3) is 0 Å². The van der Waals surface area contributed by atoms with Crippen LogP contribution in [0.1, 0.15) is 25.3 Å². The molecule has 0 bridgehead atoms. The highest BCUT2D eigenvalue weighted by Gasteiger charge is 2.06. The van der Waals surface area contributed by atoms with Crippen molar-refractivity contribution in [2.24, 2.45) is 5.73 Å². The van der Waals surface area contributed by atoms with E-state index in [2.05, 4.69) is 22.9 Å². The van der Waals surface area contributed by atoms with Gasteiger partial charge in [0.15, 0.2) is 0 Å². The Morgan fingerprint density at radius 2 is 2.27 bits per heavy atom. The Labute approximate surface area is 104 Å². The molecule has 82 valence electrons. The van der Waals surface area contributed by atoms with E-state index in [1.165, 1.54) is 0 Å². The summed E-state index contributed by atoms with van der Waals surface area (Å²) in [5.74, 6) is 0.755. The van der Waals surface area contributed by atoms with Gasteiger partial charge < -0.3 is 10.5 Å². The van der Waals surface area contributed by atoms with Crippen LogP contribution in [0.25, 0.3) is 0 Å². The lowest BCUT2D eigenvalue weighted by molar-refractivity contribution is 0.308. The molecule has 0 radical (unpaired) electrons. The van der Waals surface area contributed by atoms with Crippen molar-refractivity contribution >= 4 is 33.1 Å². The minimum atomic E-state index is 0.369. The van der Waals surface area contributed by atoms with Gasteiger partial charge in [0.1, 0.15) is 10.7 Å². The highest BCUT2D eigenvalue weighted by atomic mass is 79.9. The van der Waals surface area contributed by atoms with Crippen molar-refractivity contribution in [3.8, 4) is 5.75 Å². The van der Waals surface area contributed by atoms with E-state index in [0.717, 1.165) is 28.6 Å². The van der Waals surface area contributed by atoms with Crippen molar-refractivity contribution < 1.29 is 4.74 Å². The molecule has 2 N–H and O–H groups in total. The van der Waals surface area contributed by atoms with Gasteiger partial charge in [0.05, 0.1) is 12.2 Å². The number of thiocarbonyl (C=S) groups is 1. The first-order valence-electron chi connectivity index (χ1n) is 4.87. The number of hydrogen-bond acceptors (Lipinski definition) is 2. The molecule has 0 aromatic heterocycles. The van der Waals surface area contributed by atoms with Gasteiger partial charge in [-0.15, -0.1) is 0 Å². The van der Waals surface area contributed by atoms with Gasteiger partial charge in [-0.25, -0.2) is 0 Å². The first-order valence-corrected chi connectivity index (χ1v) is 6.07. The smallest absolute Gasteiger partial charge is 0.130 e. The fourth-order valence-corrected chi connectivity index (χ4v) is 1.65. The maximum atomic E-state index is 5.62. The molecule has 1 aromatic rings. The molecule has 1 rings (SSSR count). The highest BCUT2D eigenvalue weighted by molar-refractivity contribution is 9.10. The van der Waals surface area contributed by atoms with E-state index in [1.54, 1.807) is 0 Å². The minimum Gasteiger partial charge on any atom is -0.493 e. The standard InChI is InChI=1S/C11H14BrNOS/c1-2-3-6-14-10-7-8(12)4-5-9(10)11(13)15/h4-5,7H,2-3,6H2,1H3,(H2,13,15). The zero-order chi connectivity index (χ0) is 11.3. The molecule has 15 heavy (non-hydrogen) atoms. The predicted octanol–water partition coefficient (Wildman–Crippen LogP) is 3.26. The van der Waals surface area contributed by atoms with Crippen LogP contribution in [0.3, 0.4) is 0 Å². The Kier molecular flexibility index (Phi) is 5.05. The summed E-state index contributed by atoms with van der Waals surface area (Å²) in [7, 11) is 0. The van der Waals surface area contributed by atoms with Crippen molar-refractivity contribution in [2.45, 2.75) is 19.8 Å². The van der Waals surface area contributed by atoms with E-state index in [0.29, 0.717) is 11.6 Å². The average molecular weight is 288 g/mol. The van der Waals surface area contributed by atoms with Gasteiger partial charge in [-0.3, -0.25) is 0 Å². The molecule has 1 aromatic carbocycles. The summed E-state index contributed by atoms with van der Waals surface area (Å²) in [5.41, 5.74) is 6.40. The molecule has 4 heteroatoms. The number of benzene rings is 1. The Balaban J connectivity index is 2.82. The van der Waals surface area contributed by atoms with Crippen LogP contribution in [-0.4, -0.2) is 11.6 Å². The van der Waals surface area contributed by atoms with Gasteiger partial charge in [-0.05, 0) is 24.6 Å². The fourth-order valence-electron chi connectivity index (χ4n) is 1.15. The molecule has 0 heterocycles.